The van der Waals surface area contributed by atoms with E-state index in [4.69, 9.17) is 0 Å². The molecule has 1 atom stereocenters. The summed E-state index contributed by atoms with van der Waals surface area (Å²) in [6.45, 7) is 7.90. The topological polar surface area (TPSA) is 18.5 Å². The van der Waals surface area contributed by atoms with Gasteiger partial charge in [-0.3, -0.25) is 0 Å². The molecular formula is C15H33N3. The van der Waals surface area contributed by atoms with E-state index in [0.717, 1.165) is 13.1 Å². The van der Waals surface area contributed by atoms with Crippen molar-refractivity contribution in [2.45, 2.75) is 57.5 Å². The van der Waals surface area contributed by atoms with Crippen LogP contribution in [0.15, 0.2) is 0 Å². The lowest BCUT2D eigenvalue weighted by atomic mass is 9.75. The zero-order chi connectivity index (χ0) is 13.6. The van der Waals surface area contributed by atoms with Crippen molar-refractivity contribution in [3.05, 3.63) is 0 Å². The molecule has 1 aliphatic carbocycles. The molecule has 1 rings (SSSR count). The maximum absolute atomic E-state index is 3.51. The second-order valence-electron chi connectivity index (χ2n) is 6.14. The van der Waals surface area contributed by atoms with E-state index >= 15 is 0 Å². The second kappa shape index (κ2) is 7.46. The Morgan fingerprint density at radius 2 is 1.83 bits per heavy atom. The number of rotatable bonds is 9. The molecule has 0 heterocycles. The minimum absolute atomic E-state index is 0.451. The fourth-order valence-electron chi connectivity index (χ4n) is 3.05. The predicted octanol–water partition coefficient (Wildman–Crippen LogP) is 2.18. The largest absolute Gasteiger partial charge is 0.315 e. The van der Waals surface area contributed by atoms with Crippen molar-refractivity contribution in [1.82, 2.24) is 15.1 Å². The van der Waals surface area contributed by atoms with Crippen LogP contribution < -0.4 is 5.32 Å². The number of likely N-dealkylation sites (N-methyl/N-ethyl adjacent to an activating group) is 3. The number of hydrogen-bond acceptors (Lipinski definition) is 3. The Balaban J connectivity index is 2.51. The van der Waals surface area contributed by atoms with Gasteiger partial charge in [0.25, 0.3) is 0 Å². The number of hydrogen-bond donors (Lipinski definition) is 1. The van der Waals surface area contributed by atoms with E-state index in [1.807, 2.05) is 0 Å². The van der Waals surface area contributed by atoms with Crippen molar-refractivity contribution in [3.63, 3.8) is 0 Å². The first-order chi connectivity index (χ1) is 8.55. The van der Waals surface area contributed by atoms with E-state index in [2.05, 4.69) is 50.1 Å². The first kappa shape index (κ1) is 15.9. The molecule has 0 bridgehead atoms. The van der Waals surface area contributed by atoms with Crippen LogP contribution in [0.25, 0.3) is 0 Å². The van der Waals surface area contributed by atoms with Crippen molar-refractivity contribution in [2.24, 2.45) is 0 Å². The quantitative estimate of drug-likeness (QED) is 0.681. The number of nitrogens with zero attached hydrogens (tertiary/aromatic N) is 2. The zero-order valence-corrected chi connectivity index (χ0v) is 13.1. The third-order valence-corrected chi connectivity index (χ3v) is 4.65. The first-order valence-electron chi connectivity index (χ1n) is 7.64. The van der Waals surface area contributed by atoms with Gasteiger partial charge in [-0.2, -0.15) is 0 Å². The van der Waals surface area contributed by atoms with E-state index in [1.54, 1.807) is 0 Å². The van der Waals surface area contributed by atoms with Gasteiger partial charge in [-0.05, 0) is 53.4 Å². The van der Waals surface area contributed by atoms with Crippen LogP contribution in [-0.2, 0) is 0 Å². The summed E-state index contributed by atoms with van der Waals surface area (Å²) in [5, 5.41) is 3.51. The summed E-state index contributed by atoms with van der Waals surface area (Å²) in [6.07, 6.45) is 6.70. The van der Waals surface area contributed by atoms with Gasteiger partial charge in [0, 0.05) is 24.7 Å². The molecule has 0 aromatic rings. The lowest BCUT2D eigenvalue weighted by Crippen LogP contribution is -2.58. The van der Waals surface area contributed by atoms with Crippen LogP contribution >= 0.6 is 0 Å². The van der Waals surface area contributed by atoms with Crippen molar-refractivity contribution >= 4 is 0 Å². The summed E-state index contributed by atoms with van der Waals surface area (Å²) < 4.78 is 0. The smallest absolute Gasteiger partial charge is 0.0330 e. The Hall–Kier alpha value is -0.120. The molecule has 1 saturated carbocycles. The van der Waals surface area contributed by atoms with Crippen LogP contribution in [0.2, 0.25) is 0 Å². The predicted molar refractivity (Wildman–Crippen MR) is 80.1 cm³/mol. The minimum Gasteiger partial charge on any atom is -0.315 e. The fourth-order valence-corrected chi connectivity index (χ4v) is 3.05. The molecular weight excluding hydrogens is 222 g/mol. The molecule has 1 fully saturated rings. The van der Waals surface area contributed by atoms with Crippen LogP contribution in [0.4, 0.5) is 0 Å². The fraction of sp³-hybridized carbons (Fsp3) is 1.00. The van der Waals surface area contributed by atoms with Crippen LogP contribution in [0.3, 0.4) is 0 Å². The average Bonchev–Trinajstić information content (AvgIpc) is 2.28. The molecule has 1 N–H and O–H groups in total. The molecule has 0 saturated heterocycles. The molecule has 18 heavy (non-hydrogen) atoms. The second-order valence-corrected chi connectivity index (χ2v) is 6.14. The van der Waals surface area contributed by atoms with Crippen molar-refractivity contribution < 1.29 is 0 Å². The Bertz CT molecular complexity index is 224. The van der Waals surface area contributed by atoms with Gasteiger partial charge in [-0.1, -0.05) is 20.3 Å². The van der Waals surface area contributed by atoms with Gasteiger partial charge in [0.2, 0.25) is 0 Å². The highest BCUT2D eigenvalue weighted by Gasteiger charge is 2.40. The lowest BCUT2D eigenvalue weighted by molar-refractivity contribution is 0.0150. The molecule has 108 valence electrons. The van der Waals surface area contributed by atoms with Gasteiger partial charge in [0.1, 0.15) is 0 Å². The Labute approximate surface area is 114 Å². The summed E-state index contributed by atoms with van der Waals surface area (Å²) in [7, 11) is 6.79. The Kier molecular flexibility index (Phi) is 6.61. The van der Waals surface area contributed by atoms with Gasteiger partial charge < -0.3 is 15.1 Å². The van der Waals surface area contributed by atoms with E-state index in [0.29, 0.717) is 11.6 Å². The SMILES string of the molecule is CCCC(CNCC)N(C)CC1(N(C)C)CCC1. The normalized spacial score (nSPS) is 20.2. The lowest BCUT2D eigenvalue weighted by Gasteiger charge is -2.50. The molecule has 1 unspecified atom stereocenters. The Morgan fingerprint density at radius 1 is 1.17 bits per heavy atom. The molecule has 3 heteroatoms. The standard InChI is InChI=1S/C15H33N3/c1-6-9-14(12-16-7-2)18(5)13-15(17(3)4)10-8-11-15/h14,16H,6-13H2,1-5H3. The summed E-state index contributed by atoms with van der Waals surface area (Å²) >= 11 is 0. The molecule has 0 amide bonds. The maximum atomic E-state index is 3.51. The monoisotopic (exact) mass is 255 g/mol. The molecule has 1 aliphatic rings. The minimum atomic E-state index is 0.451. The third kappa shape index (κ3) is 3.94. The van der Waals surface area contributed by atoms with E-state index in [-0.39, 0.29) is 0 Å². The van der Waals surface area contributed by atoms with Crippen molar-refractivity contribution in [2.75, 3.05) is 40.8 Å². The summed E-state index contributed by atoms with van der Waals surface area (Å²) in [6, 6.07) is 0.687. The van der Waals surface area contributed by atoms with Crippen LogP contribution in [-0.4, -0.2) is 62.2 Å². The zero-order valence-electron chi connectivity index (χ0n) is 13.1. The van der Waals surface area contributed by atoms with Crippen LogP contribution in [0, 0.1) is 0 Å². The summed E-state index contributed by atoms with van der Waals surface area (Å²) in [5.74, 6) is 0. The molecule has 0 aromatic carbocycles. The van der Waals surface area contributed by atoms with E-state index in [9.17, 15) is 0 Å². The molecule has 0 spiro atoms. The van der Waals surface area contributed by atoms with Gasteiger partial charge in [0.15, 0.2) is 0 Å². The van der Waals surface area contributed by atoms with Crippen LogP contribution in [0.1, 0.15) is 46.0 Å². The van der Waals surface area contributed by atoms with E-state index < -0.39 is 0 Å². The highest BCUT2D eigenvalue weighted by molar-refractivity contribution is 4.98. The number of nitrogens with one attached hydrogen (secondary N) is 1. The van der Waals surface area contributed by atoms with E-state index in [1.165, 1.54) is 38.6 Å². The molecule has 0 aliphatic heterocycles. The average molecular weight is 255 g/mol. The highest BCUT2D eigenvalue weighted by atomic mass is 15.2. The van der Waals surface area contributed by atoms with Gasteiger partial charge >= 0.3 is 0 Å². The van der Waals surface area contributed by atoms with Gasteiger partial charge in [-0.25, -0.2) is 0 Å². The van der Waals surface area contributed by atoms with Crippen molar-refractivity contribution in [1.29, 1.82) is 0 Å². The van der Waals surface area contributed by atoms with Gasteiger partial charge in [-0.15, -0.1) is 0 Å². The molecule has 0 radical (unpaired) electrons. The highest BCUT2D eigenvalue weighted by Crippen LogP contribution is 2.37. The third-order valence-electron chi connectivity index (χ3n) is 4.65. The van der Waals surface area contributed by atoms with Crippen molar-refractivity contribution in [3.8, 4) is 0 Å². The van der Waals surface area contributed by atoms with Gasteiger partial charge in [0.05, 0.1) is 0 Å². The molecule has 0 aromatic heterocycles. The summed E-state index contributed by atoms with van der Waals surface area (Å²) in [4.78, 5) is 5.04. The maximum Gasteiger partial charge on any atom is 0.0330 e. The molecule has 3 nitrogen and oxygen atoms in total. The Morgan fingerprint density at radius 3 is 2.22 bits per heavy atom. The van der Waals surface area contributed by atoms with Crippen LogP contribution in [0.5, 0.6) is 0 Å². The summed E-state index contributed by atoms with van der Waals surface area (Å²) in [5.41, 5.74) is 0.451. The first-order valence-corrected chi connectivity index (χ1v) is 7.64.